The summed E-state index contributed by atoms with van der Waals surface area (Å²) < 4.78 is 11.1. The quantitative estimate of drug-likeness (QED) is 0.736. The van der Waals surface area contributed by atoms with Crippen LogP contribution in [-0.2, 0) is 10.8 Å². The highest BCUT2D eigenvalue weighted by Crippen LogP contribution is 1.99. The average Bonchev–Trinajstić information content (AvgIpc) is 2.21. The van der Waals surface area contributed by atoms with Crippen molar-refractivity contribution in [2.75, 3.05) is 37.7 Å². The van der Waals surface area contributed by atoms with Crippen LogP contribution < -0.4 is 5.32 Å². The topological polar surface area (TPSA) is 32.3 Å². The molecule has 0 aromatic rings. The molecular weight excluding hydrogens is 208 g/mol. The lowest BCUT2D eigenvalue weighted by molar-refractivity contribution is 0.292. The van der Waals surface area contributed by atoms with Gasteiger partial charge in [0.15, 0.2) is 0 Å². The predicted octanol–water partition coefficient (Wildman–Crippen LogP) is 0.829. The van der Waals surface area contributed by atoms with Crippen LogP contribution in [0.15, 0.2) is 0 Å². The molecule has 4 heteroatoms. The second-order valence-electron chi connectivity index (χ2n) is 4.33. The van der Waals surface area contributed by atoms with E-state index in [2.05, 4.69) is 24.1 Å². The summed E-state index contributed by atoms with van der Waals surface area (Å²) >= 11 is 0. The van der Waals surface area contributed by atoms with Gasteiger partial charge in [-0.15, -0.1) is 0 Å². The highest BCUT2D eigenvalue weighted by Gasteiger charge is 2.14. The second kappa shape index (κ2) is 7.36. The molecule has 0 spiro atoms. The minimum absolute atomic E-state index is 0.540. The van der Waals surface area contributed by atoms with E-state index in [1.807, 2.05) is 0 Å². The molecule has 1 N–H and O–H groups in total. The Balaban J connectivity index is 2.02. The molecule has 1 saturated heterocycles. The third-order valence-electron chi connectivity index (χ3n) is 2.91. The van der Waals surface area contributed by atoms with Gasteiger partial charge >= 0.3 is 0 Å². The Morgan fingerprint density at radius 2 is 2.07 bits per heavy atom. The zero-order valence-corrected chi connectivity index (χ0v) is 10.8. The molecule has 1 rings (SSSR count). The first-order chi connectivity index (χ1) is 7.22. The summed E-state index contributed by atoms with van der Waals surface area (Å²) in [6.45, 7) is 8.65. The van der Waals surface area contributed by atoms with Gasteiger partial charge in [-0.25, -0.2) is 0 Å². The summed E-state index contributed by atoms with van der Waals surface area (Å²) in [5.74, 6) is 1.73. The fraction of sp³-hybridized carbons (Fsp3) is 1.00. The van der Waals surface area contributed by atoms with Gasteiger partial charge < -0.3 is 10.2 Å². The van der Waals surface area contributed by atoms with Crippen LogP contribution in [0.25, 0.3) is 0 Å². The van der Waals surface area contributed by atoms with Crippen molar-refractivity contribution in [2.24, 2.45) is 0 Å². The fourth-order valence-electron chi connectivity index (χ4n) is 1.90. The fourth-order valence-corrected chi connectivity index (χ4v) is 3.03. The number of rotatable bonds is 6. The van der Waals surface area contributed by atoms with Gasteiger partial charge in [-0.1, -0.05) is 13.3 Å². The van der Waals surface area contributed by atoms with E-state index in [4.69, 9.17) is 0 Å². The molecule has 1 heterocycles. The Hall–Kier alpha value is 0.0700. The van der Waals surface area contributed by atoms with Crippen molar-refractivity contribution in [3.63, 3.8) is 0 Å². The molecule has 15 heavy (non-hydrogen) atoms. The first-order valence-electron chi connectivity index (χ1n) is 6.03. The maximum atomic E-state index is 11.1. The molecule has 1 aliphatic rings. The Bertz CT molecular complexity index is 189. The smallest absolute Gasteiger partial charge is 0.0363 e. The molecule has 1 atom stereocenters. The largest absolute Gasteiger partial charge is 0.313 e. The maximum absolute atomic E-state index is 11.1. The average molecular weight is 232 g/mol. The highest BCUT2D eigenvalue weighted by atomic mass is 32.2. The van der Waals surface area contributed by atoms with E-state index in [1.54, 1.807) is 0 Å². The van der Waals surface area contributed by atoms with Gasteiger partial charge in [-0.05, 0) is 13.3 Å². The standard InChI is InChI=1S/C11H24N2OS/c1-3-4-11(2)12-5-6-13-7-9-15(14)10-8-13/h11-12H,3-10H2,1-2H3. The molecule has 0 aliphatic carbocycles. The van der Waals surface area contributed by atoms with Crippen LogP contribution in [0.4, 0.5) is 0 Å². The Morgan fingerprint density at radius 3 is 2.67 bits per heavy atom. The van der Waals surface area contributed by atoms with Crippen molar-refractivity contribution < 1.29 is 4.21 Å². The minimum Gasteiger partial charge on any atom is -0.313 e. The summed E-state index contributed by atoms with van der Waals surface area (Å²) in [6.07, 6.45) is 2.50. The molecule has 1 aliphatic heterocycles. The van der Waals surface area contributed by atoms with E-state index in [0.717, 1.165) is 37.7 Å². The Labute approximate surface area is 96.1 Å². The summed E-state index contributed by atoms with van der Waals surface area (Å²) in [5, 5.41) is 3.52. The van der Waals surface area contributed by atoms with Gasteiger partial charge in [-0.2, -0.15) is 0 Å². The molecule has 90 valence electrons. The van der Waals surface area contributed by atoms with E-state index in [-0.39, 0.29) is 0 Å². The third-order valence-corrected chi connectivity index (χ3v) is 4.19. The lowest BCUT2D eigenvalue weighted by Gasteiger charge is -2.26. The molecule has 1 unspecified atom stereocenters. The number of nitrogens with zero attached hydrogens (tertiary/aromatic N) is 1. The molecule has 1 fully saturated rings. The highest BCUT2D eigenvalue weighted by molar-refractivity contribution is 7.85. The summed E-state index contributed by atoms with van der Waals surface area (Å²) in [7, 11) is -0.540. The molecule has 0 radical (unpaired) electrons. The lowest BCUT2D eigenvalue weighted by Crippen LogP contribution is -2.42. The zero-order valence-electron chi connectivity index (χ0n) is 10.00. The summed E-state index contributed by atoms with van der Waals surface area (Å²) in [6, 6.07) is 0.633. The van der Waals surface area contributed by atoms with E-state index >= 15 is 0 Å². The van der Waals surface area contributed by atoms with Crippen molar-refractivity contribution >= 4 is 10.8 Å². The molecule has 0 aromatic heterocycles. The third kappa shape index (κ3) is 5.64. The first-order valence-corrected chi connectivity index (χ1v) is 7.52. The van der Waals surface area contributed by atoms with Crippen molar-refractivity contribution in [1.82, 2.24) is 10.2 Å². The van der Waals surface area contributed by atoms with Gasteiger partial charge in [0, 0.05) is 54.5 Å². The lowest BCUT2D eigenvalue weighted by atomic mass is 10.2. The molecule has 0 saturated carbocycles. The van der Waals surface area contributed by atoms with Crippen molar-refractivity contribution in [3.05, 3.63) is 0 Å². The van der Waals surface area contributed by atoms with Gasteiger partial charge in [0.05, 0.1) is 0 Å². The van der Waals surface area contributed by atoms with Gasteiger partial charge in [0.25, 0.3) is 0 Å². The van der Waals surface area contributed by atoms with Crippen LogP contribution in [0.2, 0.25) is 0 Å². The Morgan fingerprint density at radius 1 is 1.40 bits per heavy atom. The molecular formula is C11H24N2OS. The Kier molecular flexibility index (Phi) is 6.45. The van der Waals surface area contributed by atoms with Crippen LogP contribution in [-0.4, -0.2) is 52.8 Å². The zero-order chi connectivity index (χ0) is 11.1. The van der Waals surface area contributed by atoms with E-state index in [9.17, 15) is 4.21 Å². The monoisotopic (exact) mass is 232 g/mol. The molecule has 0 aromatic carbocycles. The van der Waals surface area contributed by atoms with Crippen LogP contribution in [0.1, 0.15) is 26.7 Å². The molecule has 0 amide bonds. The number of hydrogen-bond donors (Lipinski definition) is 1. The maximum Gasteiger partial charge on any atom is 0.0363 e. The van der Waals surface area contributed by atoms with Crippen LogP contribution >= 0.6 is 0 Å². The van der Waals surface area contributed by atoms with Gasteiger partial charge in [0.2, 0.25) is 0 Å². The number of hydrogen-bond acceptors (Lipinski definition) is 3. The van der Waals surface area contributed by atoms with Gasteiger partial charge in [-0.3, -0.25) is 4.21 Å². The SMILES string of the molecule is CCCC(C)NCCN1CCS(=O)CC1. The van der Waals surface area contributed by atoms with Gasteiger partial charge in [0.1, 0.15) is 0 Å². The van der Waals surface area contributed by atoms with E-state index in [1.165, 1.54) is 12.8 Å². The van der Waals surface area contributed by atoms with E-state index in [0.29, 0.717) is 6.04 Å². The summed E-state index contributed by atoms with van der Waals surface area (Å²) in [4.78, 5) is 2.41. The van der Waals surface area contributed by atoms with Crippen LogP contribution in [0.3, 0.4) is 0 Å². The van der Waals surface area contributed by atoms with Crippen LogP contribution in [0.5, 0.6) is 0 Å². The predicted molar refractivity (Wildman–Crippen MR) is 66.7 cm³/mol. The molecule has 3 nitrogen and oxygen atoms in total. The normalized spacial score (nSPS) is 21.7. The van der Waals surface area contributed by atoms with Crippen molar-refractivity contribution in [1.29, 1.82) is 0 Å². The second-order valence-corrected chi connectivity index (χ2v) is 6.03. The molecule has 0 bridgehead atoms. The van der Waals surface area contributed by atoms with Crippen molar-refractivity contribution in [2.45, 2.75) is 32.7 Å². The van der Waals surface area contributed by atoms with E-state index < -0.39 is 10.8 Å². The number of nitrogens with one attached hydrogen (secondary N) is 1. The van der Waals surface area contributed by atoms with Crippen molar-refractivity contribution in [3.8, 4) is 0 Å². The summed E-state index contributed by atoms with van der Waals surface area (Å²) in [5.41, 5.74) is 0. The van der Waals surface area contributed by atoms with Crippen LogP contribution in [0, 0.1) is 0 Å². The first kappa shape index (κ1) is 13.1. The minimum atomic E-state index is -0.540.